The zero-order valence-corrected chi connectivity index (χ0v) is 11.7. The van der Waals surface area contributed by atoms with Crippen molar-refractivity contribution in [2.75, 3.05) is 0 Å². The Kier molecular flexibility index (Phi) is 4.86. The van der Waals surface area contributed by atoms with Crippen LogP contribution in [0.2, 0.25) is 0 Å². The molecule has 120 valence electrons. The van der Waals surface area contributed by atoms with Gasteiger partial charge in [0, 0.05) is 5.56 Å². The number of ether oxygens (including phenoxy) is 1. The number of rotatable bonds is 4. The van der Waals surface area contributed by atoms with Crippen molar-refractivity contribution in [2.45, 2.75) is 19.5 Å². The van der Waals surface area contributed by atoms with E-state index < -0.39 is 18.4 Å². The Morgan fingerprint density at radius 2 is 1.87 bits per heavy atom. The van der Waals surface area contributed by atoms with Gasteiger partial charge in [-0.15, -0.1) is 0 Å². The molecule has 1 N–H and O–H groups in total. The molecule has 2 aromatic carbocycles. The minimum Gasteiger partial charge on any atom is -0.457 e. The molecule has 0 radical (unpaired) electrons. The minimum atomic E-state index is -4.63. The first kappa shape index (κ1) is 16.8. The van der Waals surface area contributed by atoms with E-state index in [4.69, 9.17) is 15.1 Å². The number of hydrogen-bond donors (Lipinski definition) is 1. The largest absolute Gasteiger partial charge is 0.457 e. The lowest BCUT2D eigenvalue weighted by molar-refractivity contribution is -0.137. The van der Waals surface area contributed by atoms with Gasteiger partial charge in [0.05, 0.1) is 23.8 Å². The molecule has 0 aromatic heterocycles. The van der Waals surface area contributed by atoms with Crippen LogP contribution in [0, 0.1) is 11.3 Å². The van der Waals surface area contributed by atoms with Crippen LogP contribution in [0.25, 0.3) is 0 Å². The summed E-state index contributed by atoms with van der Waals surface area (Å²) in [6.45, 7) is -1.21. The van der Waals surface area contributed by atoms with Gasteiger partial charge >= 0.3 is 6.18 Å². The first-order chi connectivity index (χ1) is 10.9. The number of nitriles is 1. The molecule has 0 atom stereocenters. The van der Waals surface area contributed by atoms with Crippen LogP contribution in [-0.2, 0) is 19.5 Å². The first-order valence-corrected chi connectivity index (χ1v) is 6.46. The van der Waals surface area contributed by atoms with E-state index >= 15 is 0 Å². The predicted molar refractivity (Wildman–Crippen MR) is 73.4 cm³/mol. The molecular weight excluding hydrogens is 314 g/mol. The average molecular weight is 325 g/mol. The third-order valence-corrected chi connectivity index (χ3v) is 3.04. The zero-order chi connectivity index (χ0) is 17.0. The number of alkyl halides is 4. The quantitative estimate of drug-likeness (QED) is 0.851. The predicted octanol–water partition coefficient (Wildman–Crippen LogP) is 4.33. The third kappa shape index (κ3) is 3.99. The van der Waals surface area contributed by atoms with E-state index in [0.29, 0.717) is 11.6 Å². The van der Waals surface area contributed by atoms with Crippen LogP contribution in [0.15, 0.2) is 36.4 Å². The summed E-state index contributed by atoms with van der Waals surface area (Å²) in [6.07, 6.45) is -4.63. The van der Waals surface area contributed by atoms with E-state index in [-0.39, 0.29) is 29.2 Å². The van der Waals surface area contributed by atoms with E-state index in [1.807, 2.05) is 0 Å². The maximum atomic E-state index is 13.0. The number of halogens is 4. The van der Waals surface area contributed by atoms with Gasteiger partial charge in [0.1, 0.15) is 18.2 Å². The van der Waals surface area contributed by atoms with Gasteiger partial charge in [-0.05, 0) is 35.9 Å². The van der Waals surface area contributed by atoms with Crippen molar-refractivity contribution in [1.82, 2.24) is 0 Å². The number of benzene rings is 2. The highest BCUT2D eigenvalue weighted by molar-refractivity contribution is 5.45. The highest BCUT2D eigenvalue weighted by Crippen LogP contribution is 2.35. The topological polar surface area (TPSA) is 53.2 Å². The van der Waals surface area contributed by atoms with Gasteiger partial charge in [-0.3, -0.25) is 0 Å². The van der Waals surface area contributed by atoms with E-state index in [1.54, 1.807) is 6.07 Å². The molecule has 0 fully saturated rings. The van der Waals surface area contributed by atoms with E-state index in [1.165, 1.54) is 18.2 Å². The fourth-order valence-electron chi connectivity index (χ4n) is 1.95. The number of aliphatic hydroxyl groups is 1. The number of aliphatic hydroxyl groups excluding tert-OH is 1. The SMILES string of the molecule is N#Cc1cc(Oc2ccc(CO)cc2CF)cc(C(F)(F)F)c1. The summed E-state index contributed by atoms with van der Waals surface area (Å²) in [5.74, 6) is -0.198. The summed E-state index contributed by atoms with van der Waals surface area (Å²) in [4.78, 5) is 0. The zero-order valence-electron chi connectivity index (χ0n) is 11.7. The van der Waals surface area contributed by atoms with Gasteiger partial charge in [0.2, 0.25) is 0 Å². The third-order valence-electron chi connectivity index (χ3n) is 3.04. The second kappa shape index (κ2) is 6.67. The molecule has 0 saturated carbocycles. The Hall–Kier alpha value is -2.59. The summed E-state index contributed by atoms with van der Waals surface area (Å²) in [5.41, 5.74) is -0.705. The van der Waals surface area contributed by atoms with Gasteiger partial charge in [-0.2, -0.15) is 18.4 Å². The molecule has 2 rings (SSSR count). The Labute approximate surface area is 129 Å². The van der Waals surface area contributed by atoms with E-state index in [0.717, 1.165) is 12.1 Å². The van der Waals surface area contributed by atoms with Gasteiger partial charge in [-0.1, -0.05) is 6.07 Å². The molecule has 3 nitrogen and oxygen atoms in total. The summed E-state index contributed by atoms with van der Waals surface area (Å²) in [5, 5.41) is 17.8. The Balaban J connectivity index is 2.42. The fourth-order valence-corrected chi connectivity index (χ4v) is 1.95. The molecule has 7 heteroatoms. The molecular formula is C16H11F4NO2. The average Bonchev–Trinajstić information content (AvgIpc) is 2.54. The van der Waals surface area contributed by atoms with Gasteiger partial charge < -0.3 is 9.84 Å². The van der Waals surface area contributed by atoms with Crippen LogP contribution in [0.5, 0.6) is 11.5 Å². The maximum Gasteiger partial charge on any atom is 0.416 e. The van der Waals surface area contributed by atoms with Crippen molar-refractivity contribution in [2.24, 2.45) is 0 Å². The second-order valence-corrected chi connectivity index (χ2v) is 4.69. The molecule has 0 amide bonds. The van der Waals surface area contributed by atoms with Crippen LogP contribution in [0.3, 0.4) is 0 Å². The Morgan fingerprint density at radius 3 is 2.43 bits per heavy atom. The van der Waals surface area contributed by atoms with Crippen molar-refractivity contribution in [3.8, 4) is 17.6 Å². The summed E-state index contributed by atoms with van der Waals surface area (Å²) < 4.78 is 56.8. The molecule has 23 heavy (non-hydrogen) atoms. The summed E-state index contributed by atoms with van der Waals surface area (Å²) >= 11 is 0. The van der Waals surface area contributed by atoms with Crippen molar-refractivity contribution >= 4 is 0 Å². The Bertz CT molecular complexity index is 751. The van der Waals surface area contributed by atoms with Crippen molar-refractivity contribution in [3.05, 3.63) is 58.7 Å². The second-order valence-electron chi connectivity index (χ2n) is 4.69. The molecule has 0 aliphatic rings. The lowest BCUT2D eigenvalue weighted by Crippen LogP contribution is -2.05. The molecule has 0 aliphatic heterocycles. The highest BCUT2D eigenvalue weighted by atomic mass is 19.4. The number of hydrogen-bond acceptors (Lipinski definition) is 3. The Morgan fingerprint density at radius 1 is 1.13 bits per heavy atom. The van der Waals surface area contributed by atoms with Crippen LogP contribution in [0.1, 0.15) is 22.3 Å². The molecule has 0 unspecified atom stereocenters. The van der Waals surface area contributed by atoms with Crippen LogP contribution in [0.4, 0.5) is 17.6 Å². The highest BCUT2D eigenvalue weighted by Gasteiger charge is 2.31. The van der Waals surface area contributed by atoms with Crippen LogP contribution < -0.4 is 4.74 Å². The lowest BCUT2D eigenvalue weighted by atomic mass is 10.1. The number of nitrogens with zero attached hydrogens (tertiary/aromatic N) is 1. The molecule has 0 spiro atoms. The van der Waals surface area contributed by atoms with Crippen LogP contribution >= 0.6 is 0 Å². The standard InChI is InChI=1S/C16H11F4NO2/c17-7-12-3-10(9-22)1-2-15(12)23-14-5-11(8-21)4-13(6-14)16(18,19)20/h1-6,22H,7,9H2. The van der Waals surface area contributed by atoms with E-state index in [9.17, 15) is 17.6 Å². The normalized spacial score (nSPS) is 11.1. The van der Waals surface area contributed by atoms with Crippen LogP contribution in [-0.4, -0.2) is 5.11 Å². The molecule has 2 aromatic rings. The van der Waals surface area contributed by atoms with Gasteiger partial charge in [-0.25, -0.2) is 4.39 Å². The molecule has 0 aliphatic carbocycles. The minimum absolute atomic E-state index is 0.0212. The van der Waals surface area contributed by atoms with Crippen molar-refractivity contribution < 1.29 is 27.4 Å². The molecule has 0 saturated heterocycles. The van der Waals surface area contributed by atoms with Crippen molar-refractivity contribution in [1.29, 1.82) is 5.26 Å². The van der Waals surface area contributed by atoms with E-state index in [2.05, 4.69) is 0 Å². The van der Waals surface area contributed by atoms with Gasteiger partial charge in [0.15, 0.2) is 0 Å². The van der Waals surface area contributed by atoms with Gasteiger partial charge in [0.25, 0.3) is 0 Å². The maximum absolute atomic E-state index is 13.0. The molecule has 0 heterocycles. The monoisotopic (exact) mass is 325 g/mol. The molecule has 0 bridgehead atoms. The lowest BCUT2D eigenvalue weighted by Gasteiger charge is -2.13. The fraction of sp³-hybridized carbons (Fsp3) is 0.188. The summed E-state index contributed by atoms with van der Waals surface area (Å²) in [7, 11) is 0. The first-order valence-electron chi connectivity index (χ1n) is 6.46. The van der Waals surface area contributed by atoms with Crippen molar-refractivity contribution in [3.63, 3.8) is 0 Å². The smallest absolute Gasteiger partial charge is 0.416 e. The summed E-state index contributed by atoms with van der Waals surface area (Å²) in [6, 6.07) is 8.38.